The average Bonchev–Trinajstić information content (AvgIpc) is 2.83. The standard InChI is InChI=1S/C25H25Cl2FN4O2S/c1-3-9-34-14-30-6-7-31(15(2)13-30)24-17-12-19(27)21(16-4-5-18(26)20(28)11-16)23-22(17)32(8-10-35-23)25(33)29-24/h3-5,11-12,15H,1,6-10,13-14H2,2H3/t15-/m0/s1. The molecule has 0 amide bonds. The molecule has 2 aromatic carbocycles. The van der Waals surface area contributed by atoms with Gasteiger partial charge in [0.25, 0.3) is 0 Å². The molecule has 1 atom stereocenters. The summed E-state index contributed by atoms with van der Waals surface area (Å²) >= 11 is 14.4. The molecule has 0 saturated carbocycles. The lowest BCUT2D eigenvalue weighted by Gasteiger charge is -2.41. The highest BCUT2D eigenvalue weighted by Crippen LogP contribution is 2.46. The largest absolute Gasteiger partial charge is 0.362 e. The third kappa shape index (κ3) is 4.58. The molecule has 0 unspecified atom stereocenters. The number of benzene rings is 2. The molecule has 0 N–H and O–H groups in total. The highest BCUT2D eigenvalue weighted by Gasteiger charge is 2.30. The maximum Gasteiger partial charge on any atom is 0.350 e. The van der Waals surface area contributed by atoms with Gasteiger partial charge in [0, 0.05) is 53.8 Å². The summed E-state index contributed by atoms with van der Waals surface area (Å²) in [5.41, 5.74) is 1.85. The van der Waals surface area contributed by atoms with E-state index in [1.54, 1.807) is 28.5 Å². The van der Waals surface area contributed by atoms with Gasteiger partial charge in [-0.2, -0.15) is 4.98 Å². The van der Waals surface area contributed by atoms with Crippen molar-refractivity contribution in [3.8, 4) is 11.1 Å². The number of hydrogen-bond acceptors (Lipinski definition) is 6. The van der Waals surface area contributed by atoms with Crippen molar-refractivity contribution >= 4 is 51.7 Å². The van der Waals surface area contributed by atoms with Crippen LogP contribution in [-0.4, -0.2) is 59.2 Å². The molecule has 0 spiro atoms. The summed E-state index contributed by atoms with van der Waals surface area (Å²) in [6.07, 6.45) is 1.74. The van der Waals surface area contributed by atoms with Crippen LogP contribution in [0.5, 0.6) is 0 Å². The molecule has 0 bridgehead atoms. The van der Waals surface area contributed by atoms with E-state index in [0.29, 0.717) is 54.1 Å². The molecule has 2 aliphatic rings. The molecule has 0 aliphatic carbocycles. The number of ether oxygens (including phenoxy) is 1. The molecule has 1 aromatic heterocycles. The van der Waals surface area contributed by atoms with Crippen LogP contribution >= 0.6 is 35.0 Å². The molecule has 35 heavy (non-hydrogen) atoms. The van der Waals surface area contributed by atoms with Crippen LogP contribution in [0, 0.1) is 5.82 Å². The summed E-state index contributed by atoms with van der Waals surface area (Å²) in [4.78, 5) is 22.9. The monoisotopic (exact) mass is 534 g/mol. The first kappa shape index (κ1) is 24.6. The molecule has 2 aliphatic heterocycles. The van der Waals surface area contributed by atoms with E-state index in [-0.39, 0.29) is 16.8 Å². The van der Waals surface area contributed by atoms with Gasteiger partial charge in [-0.1, -0.05) is 35.3 Å². The second-order valence-corrected chi connectivity index (χ2v) is 10.6. The molecule has 184 valence electrons. The normalized spacial score (nSPS) is 18.3. The summed E-state index contributed by atoms with van der Waals surface area (Å²) in [5.74, 6) is 0.830. The number of piperazine rings is 1. The van der Waals surface area contributed by atoms with Gasteiger partial charge >= 0.3 is 5.69 Å². The molecule has 6 nitrogen and oxygen atoms in total. The summed E-state index contributed by atoms with van der Waals surface area (Å²) in [6, 6.07) is 6.65. The van der Waals surface area contributed by atoms with Gasteiger partial charge in [-0.05, 0) is 30.7 Å². The van der Waals surface area contributed by atoms with Crippen LogP contribution in [0.1, 0.15) is 6.92 Å². The van der Waals surface area contributed by atoms with Crippen molar-refractivity contribution in [2.45, 2.75) is 24.4 Å². The van der Waals surface area contributed by atoms with Gasteiger partial charge in [0.1, 0.15) is 11.6 Å². The molecular formula is C25H25Cl2FN4O2S. The summed E-state index contributed by atoms with van der Waals surface area (Å²) < 4.78 is 21.6. The number of aromatic nitrogens is 2. The maximum atomic E-state index is 14.3. The fourth-order valence-corrected chi connectivity index (χ4v) is 6.51. The molecule has 10 heteroatoms. The topological polar surface area (TPSA) is 50.6 Å². The zero-order chi connectivity index (χ0) is 24.7. The fraction of sp³-hybridized carbons (Fsp3) is 0.360. The van der Waals surface area contributed by atoms with E-state index < -0.39 is 5.82 Å². The SMILES string of the molecule is C=CCOCN1CCN(c2nc(=O)n3c4c(c(-c5ccc(Cl)c(F)c5)c(Cl)cc24)SCC3)[C@@H](C)C1. The van der Waals surface area contributed by atoms with Crippen LogP contribution in [0.2, 0.25) is 10.0 Å². The van der Waals surface area contributed by atoms with Gasteiger partial charge in [-0.15, -0.1) is 18.3 Å². The lowest BCUT2D eigenvalue weighted by molar-refractivity contribution is 0.0338. The third-order valence-electron chi connectivity index (χ3n) is 6.41. The number of hydrogen-bond donors (Lipinski definition) is 0. The number of nitrogens with zero attached hydrogens (tertiary/aromatic N) is 4. The summed E-state index contributed by atoms with van der Waals surface area (Å²) in [6.45, 7) is 9.67. The van der Waals surface area contributed by atoms with E-state index in [1.165, 1.54) is 12.1 Å². The Morgan fingerprint density at radius 2 is 2.09 bits per heavy atom. The fourth-order valence-electron chi connectivity index (χ4n) is 4.82. The summed E-state index contributed by atoms with van der Waals surface area (Å²) in [5, 5.41) is 1.37. The predicted molar refractivity (Wildman–Crippen MR) is 142 cm³/mol. The first-order valence-corrected chi connectivity index (χ1v) is 13.2. The third-order valence-corrected chi connectivity index (χ3v) is 8.09. The zero-order valence-electron chi connectivity index (χ0n) is 19.3. The highest BCUT2D eigenvalue weighted by atomic mass is 35.5. The van der Waals surface area contributed by atoms with Gasteiger partial charge in [0.15, 0.2) is 0 Å². The quantitative estimate of drug-likeness (QED) is 0.316. The Hall–Kier alpha value is -2.10. The minimum Gasteiger partial charge on any atom is -0.362 e. The predicted octanol–water partition coefficient (Wildman–Crippen LogP) is 5.29. The van der Waals surface area contributed by atoms with E-state index >= 15 is 0 Å². The Labute approximate surface area is 217 Å². The zero-order valence-corrected chi connectivity index (χ0v) is 21.6. The Balaban J connectivity index is 1.61. The van der Waals surface area contributed by atoms with Crippen LogP contribution in [0.25, 0.3) is 22.0 Å². The van der Waals surface area contributed by atoms with Gasteiger partial charge < -0.3 is 9.64 Å². The van der Waals surface area contributed by atoms with E-state index in [9.17, 15) is 9.18 Å². The van der Waals surface area contributed by atoms with Crippen LogP contribution in [0.3, 0.4) is 0 Å². The van der Waals surface area contributed by atoms with Crippen molar-refractivity contribution in [1.82, 2.24) is 14.5 Å². The van der Waals surface area contributed by atoms with Crippen LogP contribution in [0.15, 0.2) is 46.6 Å². The Morgan fingerprint density at radius 1 is 1.26 bits per heavy atom. The van der Waals surface area contributed by atoms with Crippen molar-refractivity contribution < 1.29 is 9.13 Å². The number of rotatable bonds is 6. The minimum absolute atomic E-state index is 0.0541. The molecule has 1 fully saturated rings. The van der Waals surface area contributed by atoms with E-state index in [1.807, 2.05) is 6.07 Å². The highest BCUT2D eigenvalue weighted by molar-refractivity contribution is 7.99. The first-order chi connectivity index (χ1) is 16.9. The molecule has 3 aromatic rings. The van der Waals surface area contributed by atoms with Crippen LogP contribution in [0.4, 0.5) is 10.2 Å². The smallest absolute Gasteiger partial charge is 0.350 e. The number of anilines is 1. The van der Waals surface area contributed by atoms with Gasteiger partial charge in [-0.3, -0.25) is 9.47 Å². The van der Waals surface area contributed by atoms with E-state index in [0.717, 1.165) is 28.9 Å². The number of thioether (sulfide) groups is 1. The molecule has 0 radical (unpaired) electrons. The lowest BCUT2D eigenvalue weighted by Crippen LogP contribution is -2.53. The van der Waals surface area contributed by atoms with Crippen molar-refractivity contribution in [2.24, 2.45) is 0 Å². The van der Waals surface area contributed by atoms with E-state index in [4.69, 9.17) is 27.9 Å². The molecule has 3 heterocycles. The molecular weight excluding hydrogens is 510 g/mol. The van der Waals surface area contributed by atoms with Gasteiger partial charge in [0.2, 0.25) is 0 Å². The summed E-state index contributed by atoms with van der Waals surface area (Å²) in [7, 11) is 0. The minimum atomic E-state index is -0.509. The average molecular weight is 535 g/mol. The Kier molecular flexibility index (Phi) is 7.10. The van der Waals surface area contributed by atoms with Gasteiger partial charge in [0.05, 0.1) is 28.9 Å². The molecule has 5 rings (SSSR count). The van der Waals surface area contributed by atoms with Crippen LogP contribution in [-0.2, 0) is 11.3 Å². The van der Waals surface area contributed by atoms with Crippen molar-refractivity contribution in [3.63, 3.8) is 0 Å². The van der Waals surface area contributed by atoms with Crippen LogP contribution < -0.4 is 10.6 Å². The Morgan fingerprint density at radius 3 is 2.83 bits per heavy atom. The van der Waals surface area contributed by atoms with E-state index in [2.05, 4.69) is 28.3 Å². The van der Waals surface area contributed by atoms with Gasteiger partial charge in [-0.25, -0.2) is 9.18 Å². The number of halogens is 3. The lowest BCUT2D eigenvalue weighted by atomic mass is 10.0. The first-order valence-electron chi connectivity index (χ1n) is 11.4. The Bertz CT molecular complexity index is 1370. The van der Waals surface area contributed by atoms with Crippen molar-refractivity contribution in [1.29, 1.82) is 0 Å². The number of aryl methyl sites for hydroxylation is 1. The van der Waals surface area contributed by atoms with Crippen molar-refractivity contribution in [3.05, 3.63) is 63.3 Å². The second kappa shape index (κ2) is 10.1. The molecule has 1 saturated heterocycles. The second-order valence-electron chi connectivity index (χ2n) is 8.71. The van der Waals surface area contributed by atoms with Crippen molar-refractivity contribution in [2.75, 3.05) is 43.6 Å². The maximum absolute atomic E-state index is 14.3.